The number of nitrogens with zero attached hydrogens (tertiary/aromatic N) is 1. The van der Waals surface area contributed by atoms with Crippen molar-refractivity contribution in [3.63, 3.8) is 0 Å². The van der Waals surface area contributed by atoms with Crippen molar-refractivity contribution in [1.29, 1.82) is 0 Å². The number of anilines is 1. The predicted octanol–water partition coefficient (Wildman–Crippen LogP) is 6.70. The number of fused-ring (bicyclic) bond motifs is 2. The van der Waals surface area contributed by atoms with E-state index >= 15 is 0 Å². The van der Waals surface area contributed by atoms with E-state index in [0.717, 1.165) is 77.5 Å². The minimum atomic E-state index is -0.450. The molecule has 0 bridgehead atoms. The van der Waals surface area contributed by atoms with E-state index in [0.29, 0.717) is 11.5 Å². The summed E-state index contributed by atoms with van der Waals surface area (Å²) < 4.78 is 5.65. The summed E-state index contributed by atoms with van der Waals surface area (Å²) >= 11 is 0. The predicted molar refractivity (Wildman–Crippen MR) is 145 cm³/mol. The van der Waals surface area contributed by atoms with Crippen LogP contribution >= 0.6 is 0 Å². The zero-order valence-corrected chi connectivity index (χ0v) is 22.2. The van der Waals surface area contributed by atoms with E-state index in [1.54, 1.807) is 0 Å². The van der Waals surface area contributed by atoms with Gasteiger partial charge in [-0.1, -0.05) is 77.4 Å². The molecule has 2 aromatic carbocycles. The van der Waals surface area contributed by atoms with Crippen molar-refractivity contribution in [2.45, 2.75) is 73.1 Å². The highest BCUT2D eigenvalue weighted by atomic mass is 16.5. The first-order valence-electron chi connectivity index (χ1n) is 13.3. The Balaban J connectivity index is 1.60. The molecule has 0 saturated heterocycles. The summed E-state index contributed by atoms with van der Waals surface area (Å²) in [5, 5.41) is 3.79. The van der Waals surface area contributed by atoms with Crippen molar-refractivity contribution in [2.75, 3.05) is 11.9 Å². The number of hydrogen-bond acceptors (Lipinski definition) is 4. The molecule has 0 spiro atoms. The maximum atomic E-state index is 13.5. The minimum Gasteiger partial charge on any atom is -0.452 e. The van der Waals surface area contributed by atoms with Crippen LogP contribution in [0, 0.1) is 11.3 Å². The standard InChI is InChI=1S/C31H38N2O3/c1-6-20-12-11-13-21(7-2)29(20)33-27(34)19-36-30(35)28-23-14-9-10-15-25(23)32-26-17-16-22(18-24(26)28)31(4,5)8-3/h9-15,22H,6-8,16-19H2,1-5H3,(H,33,34)/t22-/m0/s1. The first kappa shape index (κ1) is 25.9. The maximum Gasteiger partial charge on any atom is 0.339 e. The fraction of sp³-hybridized carbons (Fsp3) is 0.452. The Morgan fingerprint density at radius 1 is 1.03 bits per heavy atom. The molecule has 0 aliphatic heterocycles. The Morgan fingerprint density at radius 2 is 1.72 bits per heavy atom. The Morgan fingerprint density at radius 3 is 2.39 bits per heavy atom. The van der Waals surface area contributed by atoms with Gasteiger partial charge in [0, 0.05) is 16.8 Å². The average molecular weight is 487 g/mol. The zero-order valence-electron chi connectivity index (χ0n) is 22.2. The molecule has 1 atom stereocenters. The van der Waals surface area contributed by atoms with Gasteiger partial charge in [-0.25, -0.2) is 4.79 Å². The third-order valence-electron chi connectivity index (χ3n) is 8.08. The van der Waals surface area contributed by atoms with E-state index in [1.165, 1.54) is 0 Å². The van der Waals surface area contributed by atoms with Crippen molar-refractivity contribution in [3.8, 4) is 0 Å². The molecule has 190 valence electrons. The second-order valence-electron chi connectivity index (χ2n) is 10.5. The van der Waals surface area contributed by atoms with Crippen molar-refractivity contribution >= 4 is 28.5 Å². The number of ether oxygens (including phenoxy) is 1. The van der Waals surface area contributed by atoms with E-state index in [-0.39, 0.29) is 17.9 Å². The van der Waals surface area contributed by atoms with Crippen LogP contribution in [0.2, 0.25) is 0 Å². The van der Waals surface area contributed by atoms with E-state index in [1.807, 2.05) is 42.5 Å². The quantitative estimate of drug-likeness (QED) is 0.360. The lowest BCUT2D eigenvalue weighted by Gasteiger charge is -2.37. The molecule has 1 aliphatic carbocycles. The minimum absolute atomic E-state index is 0.175. The van der Waals surface area contributed by atoms with Crippen LogP contribution in [-0.2, 0) is 35.2 Å². The highest BCUT2D eigenvalue weighted by Crippen LogP contribution is 2.41. The Labute approximate surface area is 214 Å². The molecule has 1 aromatic heterocycles. The molecule has 0 saturated carbocycles. The Kier molecular flexibility index (Phi) is 7.77. The van der Waals surface area contributed by atoms with Crippen LogP contribution in [0.5, 0.6) is 0 Å². The van der Waals surface area contributed by atoms with Crippen LogP contribution in [0.3, 0.4) is 0 Å². The number of para-hydroxylation sites is 2. The van der Waals surface area contributed by atoms with E-state index in [4.69, 9.17) is 9.72 Å². The SMILES string of the molecule is CCc1cccc(CC)c1NC(=O)COC(=O)c1c2c(nc3ccccc13)CC[C@H](C(C)(C)CC)C2. The van der Waals surface area contributed by atoms with Gasteiger partial charge in [0.15, 0.2) is 6.61 Å². The van der Waals surface area contributed by atoms with E-state index < -0.39 is 5.97 Å². The van der Waals surface area contributed by atoms with Crippen molar-refractivity contribution in [2.24, 2.45) is 11.3 Å². The Bertz CT molecular complexity index is 1260. The maximum absolute atomic E-state index is 13.5. The highest BCUT2D eigenvalue weighted by Gasteiger charge is 2.34. The lowest BCUT2D eigenvalue weighted by Crippen LogP contribution is -2.31. The van der Waals surface area contributed by atoms with Crippen LogP contribution in [0.1, 0.15) is 80.2 Å². The number of pyridine rings is 1. The third kappa shape index (κ3) is 5.16. The number of carbonyl (C=O) groups is 2. The molecule has 1 N–H and O–H groups in total. The van der Waals surface area contributed by atoms with Crippen molar-refractivity contribution in [1.82, 2.24) is 4.98 Å². The monoisotopic (exact) mass is 486 g/mol. The molecule has 3 aromatic rings. The normalized spacial score (nSPS) is 15.4. The van der Waals surface area contributed by atoms with Crippen LogP contribution in [0.4, 0.5) is 5.69 Å². The van der Waals surface area contributed by atoms with Gasteiger partial charge in [-0.15, -0.1) is 0 Å². The summed E-state index contributed by atoms with van der Waals surface area (Å²) in [6.45, 7) is 10.6. The number of carbonyl (C=O) groups excluding carboxylic acids is 2. The van der Waals surface area contributed by atoms with Gasteiger partial charge >= 0.3 is 5.97 Å². The molecular weight excluding hydrogens is 448 g/mol. The fourth-order valence-corrected chi connectivity index (χ4v) is 5.36. The third-order valence-corrected chi connectivity index (χ3v) is 8.08. The van der Waals surface area contributed by atoms with E-state index in [2.05, 4.69) is 39.9 Å². The molecule has 0 fully saturated rings. The number of esters is 1. The van der Waals surface area contributed by atoms with Crippen molar-refractivity contribution in [3.05, 3.63) is 70.4 Å². The molecule has 4 rings (SSSR count). The summed E-state index contributed by atoms with van der Waals surface area (Å²) in [5.74, 6) is -0.309. The second-order valence-corrected chi connectivity index (χ2v) is 10.5. The van der Waals surface area contributed by atoms with Gasteiger partial charge in [0.05, 0.1) is 11.1 Å². The summed E-state index contributed by atoms with van der Waals surface area (Å²) in [5.41, 5.74) is 6.50. The van der Waals surface area contributed by atoms with Gasteiger partial charge in [-0.05, 0) is 66.2 Å². The number of hydrogen-bond donors (Lipinski definition) is 1. The van der Waals surface area contributed by atoms with Crippen LogP contribution in [-0.4, -0.2) is 23.5 Å². The van der Waals surface area contributed by atoms with E-state index in [9.17, 15) is 9.59 Å². The topological polar surface area (TPSA) is 68.3 Å². The van der Waals surface area contributed by atoms with Crippen LogP contribution in [0.25, 0.3) is 10.9 Å². The molecule has 0 unspecified atom stereocenters. The van der Waals surface area contributed by atoms with Gasteiger partial charge in [0.1, 0.15) is 0 Å². The fourth-order valence-electron chi connectivity index (χ4n) is 5.36. The van der Waals surface area contributed by atoms with Gasteiger partial charge in [0.2, 0.25) is 0 Å². The first-order chi connectivity index (χ1) is 17.3. The molecule has 0 radical (unpaired) electrons. The number of aromatic nitrogens is 1. The Hall–Kier alpha value is -3.21. The summed E-state index contributed by atoms with van der Waals surface area (Å²) in [7, 11) is 0. The lowest BCUT2D eigenvalue weighted by molar-refractivity contribution is -0.119. The molecule has 1 heterocycles. The summed E-state index contributed by atoms with van der Waals surface area (Å²) in [6, 6.07) is 13.8. The molecule has 36 heavy (non-hydrogen) atoms. The second kappa shape index (κ2) is 10.8. The van der Waals surface area contributed by atoms with Gasteiger partial charge in [-0.2, -0.15) is 0 Å². The molecule has 1 aliphatic rings. The molecule has 5 heteroatoms. The zero-order chi connectivity index (χ0) is 25.9. The van der Waals surface area contributed by atoms with Crippen LogP contribution in [0.15, 0.2) is 42.5 Å². The lowest BCUT2D eigenvalue weighted by atomic mass is 9.68. The number of nitrogens with one attached hydrogen (secondary N) is 1. The molecule has 1 amide bonds. The summed E-state index contributed by atoms with van der Waals surface area (Å²) in [4.78, 5) is 31.3. The highest BCUT2D eigenvalue weighted by molar-refractivity contribution is 6.06. The number of aryl methyl sites for hydroxylation is 3. The van der Waals surface area contributed by atoms with Crippen molar-refractivity contribution < 1.29 is 14.3 Å². The van der Waals surface area contributed by atoms with Gasteiger partial charge < -0.3 is 10.1 Å². The number of rotatable bonds is 8. The number of amides is 1. The average Bonchev–Trinajstić information content (AvgIpc) is 2.90. The van der Waals surface area contributed by atoms with Crippen LogP contribution < -0.4 is 5.32 Å². The summed E-state index contributed by atoms with van der Waals surface area (Å²) in [6.07, 6.45) is 5.41. The number of benzene rings is 2. The first-order valence-corrected chi connectivity index (χ1v) is 13.3. The van der Waals surface area contributed by atoms with Gasteiger partial charge in [-0.3, -0.25) is 9.78 Å². The smallest absolute Gasteiger partial charge is 0.339 e. The largest absolute Gasteiger partial charge is 0.452 e. The molecular formula is C31H38N2O3. The molecule has 5 nitrogen and oxygen atoms in total. The van der Waals surface area contributed by atoms with Gasteiger partial charge in [0.25, 0.3) is 5.91 Å².